The quantitative estimate of drug-likeness (QED) is 0.415. The van der Waals surface area contributed by atoms with E-state index in [0.717, 1.165) is 16.0 Å². The highest BCUT2D eigenvalue weighted by Crippen LogP contribution is 2.26. The van der Waals surface area contributed by atoms with Crippen molar-refractivity contribution in [2.45, 2.75) is 25.4 Å². The maximum absolute atomic E-state index is 13.1. The lowest BCUT2D eigenvalue weighted by atomic mass is 10.0. The van der Waals surface area contributed by atoms with Crippen LogP contribution in [0.15, 0.2) is 84.9 Å². The normalized spacial score (nSPS) is 14.3. The van der Waals surface area contributed by atoms with E-state index in [9.17, 15) is 19.2 Å². The first-order valence-electron chi connectivity index (χ1n) is 11.0. The molecule has 0 aliphatic carbocycles. The molecule has 3 aromatic carbocycles. The van der Waals surface area contributed by atoms with Crippen molar-refractivity contribution < 1.29 is 23.9 Å². The number of esters is 1. The Bertz CT molecular complexity index is 1170. The lowest BCUT2D eigenvalue weighted by Gasteiger charge is -2.25. The topological polar surface area (TPSA) is 92.8 Å². The summed E-state index contributed by atoms with van der Waals surface area (Å²) in [6.07, 6.45) is 0.0766. The molecule has 172 valence electrons. The van der Waals surface area contributed by atoms with Gasteiger partial charge in [0.25, 0.3) is 17.7 Å². The molecule has 4 rings (SSSR count). The molecule has 0 saturated heterocycles. The summed E-state index contributed by atoms with van der Waals surface area (Å²) >= 11 is 0. The molecule has 0 aromatic heterocycles. The lowest BCUT2D eigenvalue weighted by Crippen LogP contribution is -2.47. The van der Waals surface area contributed by atoms with Crippen LogP contribution in [0.2, 0.25) is 0 Å². The first kappa shape index (κ1) is 22.9. The van der Waals surface area contributed by atoms with Gasteiger partial charge < -0.3 is 10.1 Å². The highest BCUT2D eigenvalue weighted by atomic mass is 16.5. The van der Waals surface area contributed by atoms with Crippen LogP contribution in [0.4, 0.5) is 0 Å². The number of amides is 3. The number of hydrogen-bond donors (Lipinski definition) is 1. The van der Waals surface area contributed by atoms with Crippen LogP contribution in [0.25, 0.3) is 0 Å². The summed E-state index contributed by atoms with van der Waals surface area (Å²) in [6, 6.07) is 23.4. The van der Waals surface area contributed by atoms with E-state index in [1.807, 2.05) is 43.3 Å². The molecular weight excluding hydrogens is 432 g/mol. The van der Waals surface area contributed by atoms with Gasteiger partial charge in [0.15, 0.2) is 6.61 Å². The Balaban J connectivity index is 1.48. The summed E-state index contributed by atoms with van der Waals surface area (Å²) in [7, 11) is 0. The Labute approximate surface area is 197 Å². The molecule has 0 saturated carbocycles. The van der Waals surface area contributed by atoms with Gasteiger partial charge in [-0.3, -0.25) is 19.3 Å². The standard InChI is InChI=1S/C27H24N2O5/c1-18(20-12-6-3-7-13-20)28-24(30)17-34-27(33)23(16-19-10-4-2-5-11-19)29-25(31)21-14-8-9-15-22(21)26(29)32/h2-15,18,23H,16-17H2,1H3,(H,28,30)/t18-,23+/m0/s1. The van der Waals surface area contributed by atoms with Gasteiger partial charge in [0.2, 0.25) is 0 Å². The van der Waals surface area contributed by atoms with Crippen molar-refractivity contribution in [1.82, 2.24) is 10.2 Å². The minimum Gasteiger partial charge on any atom is -0.454 e. The second kappa shape index (κ2) is 10.1. The summed E-state index contributed by atoms with van der Waals surface area (Å²) in [5, 5.41) is 2.78. The van der Waals surface area contributed by atoms with Crippen molar-refractivity contribution in [3.63, 3.8) is 0 Å². The molecule has 3 amide bonds. The summed E-state index contributed by atoms with van der Waals surface area (Å²) in [4.78, 5) is 52.4. The van der Waals surface area contributed by atoms with Crippen LogP contribution in [0.1, 0.15) is 44.8 Å². The van der Waals surface area contributed by atoms with Crippen LogP contribution in [0, 0.1) is 0 Å². The molecule has 0 bridgehead atoms. The number of nitrogens with one attached hydrogen (secondary N) is 1. The first-order valence-corrected chi connectivity index (χ1v) is 11.0. The maximum Gasteiger partial charge on any atom is 0.330 e. The number of hydrogen-bond acceptors (Lipinski definition) is 5. The minimum absolute atomic E-state index is 0.0766. The number of carbonyl (C=O) groups is 4. The number of fused-ring (bicyclic) bond motifs is 1. The maximum atomic E-state index is 13.1. The number of benzene rings is 3. The SMILES string of the molecule is C[C@H](NC(=O)COC(=O)[C@@H](Cc1ccccc1)N1C(=O)c2ccccc2C1=O)c1ccccc1. The zero-order valence-corrected chi connectivity index (χ0v) is 18.6. The molecule has 34 heavy (non-hydrogen) atoms. The van der Waals surface area contributed by atoms with Crippen molar-refractivity contribution in [2.24, 2.45) is 0 Å². The fourth-order valence-corrected chi connectivity index (χ4v) is 3.95. The average molecular weight is 456 g/mol. The van der Waals surface area contributed by atoms with Crippen molar-refractivity contribution in [3.8, 4) is 0 Å². The van der Waals surface area contributed by atoms with E-state index < -0.39 is 36.3 Å². The predicted molar refractivity (Wildman–Crippen MR) is 125 cm³/mol. The highest BCUT2D eigenvalue weighted by molar-refractivity contribution is 6.22. The molecule has 0 unspecified atom stereocenters. The van der Waals surface area contributed by atoms with Crippen LogP contribution in [-0.4, -0.2) is 41.2 Å². The number of carbonyl (C=O) groups excluding carboxylic acids is 4. The van der Waals surface area contributed by atoms with E-state index in [-0.39, 0.29) is 23.6 Å². The zero-order valence-electron chi connectivity index (χ0n) is 18.6. The van der Waals surface area contributed by atoms with Gasteiger partial charge in [0.1, 0.15) is 6.04 Å². The van der Waals surface area contributed by atoms with E-state index >= 15 is 0 Å². The van der Waals surface area contributed by atoms with Gasteiger partial charge in [-0.1, -0.05) is 72.8 Å². The van der Waals surface area contributed by atoms with Crippen LogP contribution < -0.4 is 5.32 Å². The van der Waals surface area contributed by atoms with E-state index in [4.69, 9.17) is 4.74 Å². The van der Waals surface area contributed by atoms with Gasteiger partial charge in [0, 0.05) is 6.42 Å². The zero-order chi connectivity index (χ0) is 24.1. The Morgan fingerprint density at radius 1 is 0.824 bits per heavy atom. The van der Waals surface area contributed by atoms with Crippen molar-refractivity contribution in [2.75, 3.05) is 6.61 Å². The fourth-order valence-electron chi connectivity index (χ4n) is 3.95. The molecule has 7 nitrogen and oxygen atoms in total. The third-order valence-corrected chi connectivity index (χ3v) is 5.70. The molecule has 7 heteroatoms. The monoisotopic (exact) mass is 456 g/mol. The molecule has 1 aliphatic heterocycles. The second-order valence-electron chi connectivity index (χ2n) is 8.04. The predicted octanol–water partition coefficient (Wildman–Crippen LogP) is 3.31. The summed E-state index contributed by atoms with van der Waals surface area (Å²) in [5.41, 5.74) is 2.15. The van der Waals surface area contributed by atoms with E-state index in [1.165, 1.54) is 0 Å². The molecule has 3 aromatic rings. The smallest absolute Gasteiger partial charge is 0.330 e. The molecule has 0 radical (unpaired) electrons. The molecule has 0 fully saturated rings. The third-order valence-electron chi connectivity index (χ3n) is 5.70. The van der Waals surface area contributed by atoms with Gasteiger partial charge in [-0.15, -0.1) is 0 Å². The fraction of sp³-hybridized carbons (Fsp3) is 0.185. The Hall–Kier alpha value is -4.26. The van der Waals surface area contributed by atoms with E-state index in [0.29, 0.717) is 0 Å². The number of rotatable bonds is 8. The third kappa shape index (κ3) is 4.88. The average Bonchev–Trinajstić information content (AvgIpc) is 3.12. The second-order valence-corrected chi connectivity index (χ2v) is 8.04. The van der Waals surface area contributed by atoms with Crippen LogP contribution in [-0.2, 0) is 20.7 Å². The summed E-state index contributed by atoms with van der Waals surface area (Å²) < 4.78 is 5.29. The van der Waals surface area contributed by atoms with Crippen molar-refractivity contribution >= 4 is 23.7 Å². The molecule has 1 aliphatic rings. The number of nitrogens with zero attached hydrogens (tertiary/aromatic N) is 1. The van der Waals surface area contributed by atoms with Gasteiger partial charge in [0.05, 0.1) is 17.2 Å². The lowest BCUT2D eigenvalue weighted by molar-refractivity contribution is -0.152. The molecule has 0 spiro atoms. The van der Waals surface area contributed by atoms with Crippen LogP contribution >= 0.6 is 0 Å². The van der Waals surface area contributed by atoms with Gasteiger partial charge >= 0.3 is 5.97 Å². The van der Waals surface area contributed by atoms with Crippen molar-refractivity contribution in [1.29, 1.82) is 0 Å². The Morgan fingerprint density at radius 3 is 1.94 bits per heavy atom. The van der Waals surface area contributed by atoms with Gasteiger partial charge in [-0.05, 0) is 30.2 Å². The van der Waals surface area contributed by atoms with E-state index in [1.54, 1.807) is 48.5 Å². The summed E-state index contributed by atoms with van der Waals surface area (Å²) in [6.45, 7) is 1.30. The number of imide groups is 1. The Morgan fingerprint density at radius 2 is 1.35 bits per heavy atom. The molecule has 1 N–H and O–H groups in total. The van der Waals surface area contributed by atoms with Crippen LogP contribution in [0.3, 0.4) is 0 Å². The number of ether oxygens (including phenoxy) is 1. The molecular formula is C27H24N2O5. The van der Waals surface area contributed by atoms with Gasteiger partial charge in [-0.25, -0.2) is 4.79 Å². The first-order chi connectivity index (χ1) is 16.5. The highest BCUT2D eigenvalue weighted by Gasteiger charge is 2.43. The molecule has 1 heterocycles. The van der Waals surface area contributed by atoms with E-state index in [2.05, 4.69) is 5.32 Å². The molecule has 2 atom stereocenters. The summed E-state index contributed by atoms with van der Waals surface area (Å²) in [5.74, 6) is -2.41. The Kier molecular flexibility index (Phi) is 6.82. The minimum atomic E-state index is -1.20. The van der Waals surface area contributed by atoms with Crippen LogP contribution in [0.5, 0.6) is 0 Å². The largest absolute Gasteiger partial charge is 0.454 e. The van der Waals surface area contributed by atoms with Crippen molar-refractivity contribution in [3.05, 3.63) is 107 Å². The van der Waals surface area contributed by atoms with Gasteiger partial charge in [-0.2, -0.15) is 0 Å².